The maximum absolute atomic E-state index is 9.56. The van der Waals surface area contributed by atoms with Crippen molar-refractivity contribution in [2.45, 2.75) is 26.4 Å². The molecule has 1 atom stereocenters. The molecule has 0 spiro atoms. The van der Waals surface area contributed by atoms with E-state index < -0.39 is 6.10 Å². The molecule has 2 rings (SSSR count). The molecule has 0 amide bonds. The van der Waals surface area contributed by atoms with Crippen LogP contribution in [0.2, 0.25) is 0 Å². The van der Waals surface area contributed by atoms with E-state index in [-0.39, 0.29) is 0 Å². The fourth-order valence-electron chi connectivity index (χ4n) is 1.98. The van der Waals surface area contributed by atoms with Crippen LogP contribution in [0.1, 0.15) is 35.7 Å². The van der Waals surface area contributed by atoms with Crippen LogP contribution in [0.15, 0.2) is 30.5 Å². The molecule has 0 bridgehead atoms. The first-order valence-corrected chi connectivity index (χ1v) is 6.23. The Kier molecular flexibility index (Phi) is 4.12. The van der Waals surface area contributed by atoms with Gasteiger partial charge in [0.15, 0.2) is 0 Å². The quantitative estimate of drug-likeness (QED) is 0.915. The Bertz CT molecular complexity index is 568. The summed E-state index contributed by atoms with van der Waals surface area (Å²) >= 11 is 0. The molecule has 2 aromatic rings. The molecular weight excluding hydrogens is 240 g/mol. The Hall–Kier alpha value is -1.94. The molecule has 19 heavy (non-hydrogen) atoms. The molecule has 0 saturated heterocycles. The number of aliphatic hydroxyl groups is 1. The van der Waals surface area contributed by atoms with Crippen LogP contribution in [0.5, 0.6) is 5.75 Å². The summed E-state index contributed by atoms with van der Waals surface area (Å²) in [7, 11) is 1.65. The van der Waals surface area contributed by atoms with E-state index >= 15 is 0 Å². The predicted molar refractivity (Wildman–Crippen MR) is 73.2 cm³/mol. The van der Waals surface area contributed by atoms with Crippen LogP contribution in [0.3, 0.4) is 0 Å². The Morgan fingerprint density at radius 1 is 1.37 bits per heavy atom. The zero-order chi connectivity index (χ0) is 13.8. The van der Waals surface area contributed by atoms with Crippen molar-refractivity contribution < 1.29 is 9.84 Å². The minimum atomic E-state index is -0.536. The minimum Gasteiger partial charge on any atom is -0.497 e. The van der Waals surface area contributed by atoms with Crippen LogP contribution >= 0.6 is 0 Å². The molecule has 4 heteroatoms. The van der Waals surface area contributed by atoms with E-state index in [0.717, 1.165) is 28.4 Å². The summed E-state index contributed by atoms with van der Waals surface area (Å²) in [5, 5.41) is 9.56. The molecule has 0 aliphatic heterocycles. The van der Waals surface area contributed by atoms with E-state index in [1.54, 1.807) is 20.2 Å². The standard InChI is InChI=1S/C15H18N2O2/c1-10-14(11(2)18)9-16-15(17-10)8-12-5-4-6-13(7-12)19-3/h4-7,9,11,18H,8H2,1-3H3/t11-/m1/s1. The van der Waals surface area contributed by atoms with Gasteiger partial charge in [-0.05, 0) is 31.5 Å². The number of hydrogen-bond acceptors (Lipinski definition) is 4. The maximum Gasteiger partial charge on any atom is 0.132 e. The molecule has 1 aromatic heterocycles. The first-order chi connectivity index (χ1) is 9.10. The van der Waals surface area contributed by atoms with Crippen molar-refractivity contribution in [2.24, 2.45) is 0 Å². The van der Waals surface area contributed by atoms with Crippen molar-refractivity contribution >= 4 is 0 Å². The lowest BCUT2D eigenvalue weighted by atomic mass is 10.1. The van der Waals surface area contributed by atoms with Gasteiger partial charge in [0, 0.05) is 23.9 Å². The van der Waals surface area contributed by atoms with Gasteiger partial charge < -0.3 is 9.84 Å². The minimum absolute atomic E-state index is 0.536. The second-order valence-electron chi connectivity index (χ2n) is 4.53. The topological polar surface area (TPSA) is 55.2 Å². The van der Waals surface area contributed by atoms with Gasteiger partial charge in [0.25, 0.3) is 0 Å². The van der Waals surface area contributed by atoms with E-state index in [1.807, 2.05) is 31.2 Å². The Morgan fingerprint density at radius 2 is 2.16 bits per heavy atom. The SMILES string of the molecule is COc1cccc(Cc2ncc([C@@H](C)O)c(C)n2)c1. The molecule has 100 valence electrons. The highest BCUT2D eigenvalue weighted by atomic mass is 16.5. The number of benzene rings is 1. The lowest BCUT2D eigenvalue weighted by molar-refractivity contribution is 0.197. The largest absolute Gasteiger partial charge is 0.497 e. The molecule has 1 heterocycles. The van der Waals surface area contributed by atoms with E-state index in [2.05, 4.69) is 9.97 Å². The average molecular weight is 258 g/mol. The third kappa shape index (κ3) is 3.29. The summed E-state index contributed by atoms with van der Waals surface area (Å²) in [6.45, 7) is 3.60. The van der Waals surface area contributed by atoms with E-state index in [4.69, 9.17) is 4.74 Å². The molecule has 1 N–H and O–H groups in total. The van der Waals surface area contributed by atoms with Crippen LogP contribution in [0, 0.1) is 6.92 Å². The fraction of sp³-hybridized carbons (Fsp3) is 0.333. The first kappa shape index (κ1) is 13.5. The van der Waals surface area contributed by atoms with Gasteiger partial charge in [-0.2, -0.15) is 0 Å². The van der Waals surface area contributed by atoms with Crippen molar-refractivity contribution in [3.63, 3.8) is 0 Å². The molecule has 1 aromatic carbocycles. The van der Waals surface area contributed by atoms with Crippen LogP contribution in [0.4, 0.5) is 0 Å². The highest BCUT2D eigenvalue weighted by Crippen LogP contribution is 2.17. The van der Waals surface area contributed by atoms with E-state index in [9.17, 15) is 5.11 Å². The Balaban J connectivity index is 2.21. The van der Waals surface area contributed by atoms with Crippen LogP contribution < -0.4 is 4.74 Å². The predicted octanol–water partition coefficient (Wildman–Crippen LogP) is 2.44. The lowest BCUT2D eigenvalue weighted by Gasteiger charge is -2.09. The maximum atomic E-state index is 9.56. The number of aromatic nitrogens is 2. The second-order valence-corrected chi connectivity index (χ2v) is 4.53. The molecule has 0 fully saturated rings. The molecule has 0 aliphatic carbocycles. The molecular formula is C15H18N2O2. The molecule has 0 unspecified atom stereocenters. The van der Waals surface area contributed by atoms with Gasteiger partial charge >= 0.3 is 0 Å². The Morgan fingerprint density at radius 3 is 2.79 bits per heavy atom. The monoisotopic (exact) mass is 258 g/mol. The number of rotatable bonds is 4. The Labute approximate surface area is 113 Å². The van der Waals surface area contributed by atoms with Crippen molar-refractivity contribution in [2.75, 3.05) is 7.11 Å². The van der Waals surface area contributed by atoms with Crippen LogP contribution in [-0.4, -0.2) is 22.2 Å². The van der Waals surface area contributed by atoms with E-state index in [1.165, 1.54) is 0 Å². The number of methoxy groups -OCH3 is 1. The molecule has 0 radical (unpaired) electrons. The first-order valence-electron chi connectivity index (χ1n) is 6.23. The van der Waals surface area contributed by atoms with Crippen molar-refractivity contribution in [1.29, 1.82) is 0 Å². The zero-order valence-electron chi connectivity index (χ0n) is 11.4. The number of aryl methyl sites for hydroxylation is 1. The third-order valence-corrected chi connectivity index (χ3v) is 3.01. The van der Waals surface area contributed by atoms with Gasteiger partial charge in [0.05, 0.1) is 13.2 Å². The number of nitrogens with zero attached hydrogens (tertiary/aromatic N) is 2. The van der Waals surface area contributed by atoms with Crippen molar-refractivity contribution in [1.82, 2.24) is 9.97 Å². The second kappa shape index (κ2) is 5.80. The van der Waals surface area contributed by atoms with Gasteiger partial charge in [-0.15, -0.1) is 0 Å². The number of hydrogen-bond donors (Lipinski definition) is 1. The van der Waals surface area contributed by atoms with Gasteiger partial charge in [-0.25, -0.2) is 9.97 Å². The van der Waals surface area contributed by atoms with Gasteiger partial charge in [0.1, 0.15) is 11.6 Å². The molecule has 4 nitrogen and oxygen atoms in total. The lowest BCUT2D eigenvalue weighted by Crippen LogP contribution is -2.04. The van der Waals surface area contributed by atoms with Gasteiger partial charge in [0.2, 0.25) is 0 Å². The van der Waals surface area contributed by atoms with Crippen LogP contribution in [0.25, 0.3) is 0 Å². The normalized spacial score (nSPS) is 12.2. The molecule has 0 saturated carbocycles. The number of aliphatic hydroxyl groups excluding tert-OH is 1. The van der Waals surface area contributed by atoms with Crippen molar-refractivity contribution in [3.8, 4) is 5.75 Å². The smallest absolute Gasteiger partial charge is 0.132 e. The summed E-state index contributed by atoms with van der Waals surface area (Å²) in [5.41, 5.74) is 2.70. The third-order valence-electron chi connectivity index (χ3n) is 3.01. The van der Waals surface area contributed by atoms with Crippen molar-refractivity contribution in [3.05, 3.63) is 53.1 Å². The summed E-state index contributed by atoms with van der Waals surface area (Å²) < 4.78 is 5.19. The highest BCUT2D eigenvalue weighted by Gasteiger charge is 2.08. The van der Waals surface area contributed by atoms with Gasteiger partial charge in [-0.1, -0.05) is 12.1 Å². The highest BCUT2D eigenvalue weighted by molar-refractivity contribution is 5.30. The fourth-order valence-corrected chi connectivity index (χ4v) is 1.98. The summed E-state index contributed by atoms with van der Waals surface area (Å²) in [6.07, 6.45) is 1.81. The summed E-state index contributed by atoms with van der Waals surface area (Å²) in [6, 6.07) is 7.85. The summed E-state index contributed by atoms with van der Waals surface area (Å²) in [5.74, 6) is 1.57. The molecule has 0 aliphatic rings. The zero-order valence-corrected chi connectivity index (χ0v) is 11.4. The van der Waals surface area contributed by atoms with Crippen LogP contribution in [-0.2, 0) is 6.42 Å². The van der Waals surface area contributed by atoms with E-state index in [0.29, 0.717) is 6.42 Å². The van der Waals surface area contributed by atoms with Gasteiger partial charge in [-0.3, -0.25) is 0 Å². The average Bonchev–Trinajstić information content (AvgIpc) is 2.38. The summed E-state index contributed by atoms with van der Waals surface area (Å²) in [4.78, 5) is 8.73. The number of ether oxygens (including phenoxy) is 1.